The Labute approximate surface area is 155 Å². The van der Waals surface area contributed by atoms with Gasteiger partial charge in [-0.2, -0.15) is 0 Å². The number of ether oxygens (including phenoxy) is 1. The summed E-state index contributed by atoms with van der Waals surface area (Å²) in [6, 6.07) is 7.39. The summed E-state index contributed by atoms with van der Waals surface area (Å²) in [7, 11) is 0. The molecule has 6 nitrogen and oxygen atoms in total. The predicted molar refractivity (Wildman–Crippen MR) is 101 cm³/mol. The third-order valence-corrected chi connectivity index (χ3v) is 4.99. The van der Waals surface area contributed by atoms with Crippen LogP contribution in [0.3, 0.4) is 0 Å². The number of likely N-dealkylation sites (tertiary alicyclic amines) is 1. The molecule has 2 amide bonds. The average molecular weight is 359 g/mol. The van der Waals surface area contributed by atoms with Gasteiger partial charge in [-0.3, -0.25) is 9.59 Å². The molecule has 1 N–H and O–H groups in total. The number of carbonyl (C=O) groups excluding carboxylic acids is 2. The zero-order chi connectivity index (χ0) is 18.2. The molecular formula is C20H29N3O3. The Morgan fingerprint density at radius 1 is 1.12 bits per heavy atom. The van der Waals surface area contributed by atoms with Crippen LogP contribution in [-0.2, 0) is 9.59 Å². The summed E-state index contributed by atoms with van der Waals surface area (Å²) >= 11 is 0. The summed E-state index contributed by atoms with van der Waals surface area (Å²) in [5.41, 5.74) is 0.840. The molecular weight excluding hydrogens is 330 g/mol. The minimum Gasteiger partial charge on any atom is -0.484 e. The van der Waals surface area contributed by atoms with Crippen molar-refractivity contribution in [3.8, 4) is 5.75 Å². The fourth-order valence-corrected chi connectivity index (χ4v) is 3.58. The van der Waals surface area contributed by atoms with Crippen LogP contribution in [0.4, 0.5) is 5.69 Å². The van der Waals surface area contributed by atoms with Gasteiger partial charge in [0.25, 0.3) is 5.91 Å². The highest BCUT2D eigenvalue weighted by Gasteiger charge is 2.21. The van der Waals surface area contributed by atoms with Crippen molar-refractivity contribution in [3.05, 3.63) is 24.3 Å². The van der Waals surface area contributed by atoms with E-state index in [9.17, 15) is 9.59 Å². The highest BCUT2D eigenvalue weighted by atomic mass is 16.5. The Morgan fingerprint density at radius 3 is 2.73 bits per heavy atom. The number of nitrogens with zero attached hydrogens (tertiary/aromatic N) is 2. The fraction of sp³-hybridized carbons (Fsp3) is 0.600. The predicted octanol–water partition coefficient (Wildman–Crippen LogP) is 2.18. The highest BCUT2D eigenvalue weighted by Crippen LogP contribution is 2.25. The average Bonchev–Trinajstić information content (AvgIpc) is 3.11. The number of carbonyl (C=O) groups is 2. The van der Waals surface area contributed by atoms with Crippen LogP contribution >= 0.6 is 0 Å². The number of hydrogen-bond acceptors (Lipinski definition) is 4. The van der Waals surface area contributed by atoms with Crippen molar-refractivity contribution in [3.63, 3.8) is 0 Å². The Kier molecular flexibility index (Phi) is 6.89. The first-order valence-electron chi connectivity index (χ1n) is 9.75. The lowest BCUT2D eigenvalue weighted by Gasteiger charge is -2.26. The van der Waals surface area contributed by atoms with Crippen LogP contribution in [0, 0.1) is 0 Å². The maximum atomic E-state index is 11.9. The molecule has 0 bridgehead atoms. The molecule has 0 aromatic heterocycles. The van der Waals surface area contributed by atoms with Gasteiger partial charge in [0.2, 0.25) is 5.91 Å². The summed E-state index contributed by atoms with van der Waals surface area (Å²) in [4.78, 5) is 28.0. The van der Waals surface area contributed by atoms with Gasteiger partial charge in [0, 0.05) is 31.3 Å². The largest absolute Gasteiger partial charge is 0.484 e. The molecule has 0 radical (unpaired) electrons. The first-order valence-corrected chi connectivity index (χ1v) is 9.75. The van der Waals surface area contributed by atoms with Gasteiger partial charge in [0.05, 0.1) is 0 Å². The molecule has 2 aliphatic rings. The molecule has 26 heavy (non-hydrogen) atoms. The molecule has 0 atom stereocenters. The van der Waals surface area contributed by atoms with Gasteiger partial charge in [-0.05, 0) is 57.5 Å². The first-order chi connectivity index (χ1) is 12.7. The van der Waals surface area contributed by atoms with Crippen molar-refractivity contribution in [2.24, 2.45) is 0 Å². The number of rotatable bonds is 8. The highest BCUT2D eigenvalue weighted by molar-refractivity contribution is 5.95. The van der Waals surface area contributed by atoms with Gasteiger partial charge in [0.15, 0.2) is 6.61 Å². The van der Waals surface area contributed by atoms with Crippen molar-refractivity contribution in [1.29, 1.82) is 0 Å². The van der Waals surface area contributed by atoms with E-state index in [-0.39, 0.29) is 18.4 Å². The van der Waals surface area contributed by atoms with Gasteiger partial charge in [-0.1, -0.05) is 12.5 Å². The van der Waals surface area contributed by atoms with E-state index in [4.69, 9.17) is 4.74 Å². The van der Waals surface area contributed by atoms with Crippen LogP contribution < -0.4 is 15.0 Å². The molecule has 2 aliphatic heterocycles. The van der Waals surface area contributed by atoms with Crippen molar-refractivity contribution in [2.45, 2.75) is 38.5 Å². The number of nitrogens with one attached hydrogen (secondary N) is 1. The molecule has 0 spiro atoms. The fourth-order valence-electron chi connectivity index (χ4n) is 3.58. The van der Waals surface area contributed by atoms with Crippen molar-refractivity contribution in [2.75, 3.05) is 44.2 Å². The topological polar surface area (TPSA) is 61.9 Å². The lowest BCUT2D eigenvalue weighted by molar-refractivity contribution is -0.123. The Balaban J connectivity index is 1.35. The summed E-state index contributed by atoms with van der Waals surface area (Å²) < 4.78 is 5.59. The van der Waals surface area contributed by atoms with E-state index in [1.54, 1.807) is 4.90 Å². The molecule has 3 rings (SSSR count). The van der Waals surface area contributed by atoms with E-state index >= 15 is 0 Å². The molecule has 2 saturated heterocycles. The quantitative estimate of drug-likeness (QED) is 0.723. The molecule has 2 heterocycles. The normalized spacial score (nSPS) is 18.2. The number of anilines is 1. The van der Waals surface area contributed by atoms with E-state index in [0.717, 1.165) is 31.6 Å². The summed E-state index contributed by atoms with van der Waals surface area (Å²) in [5.74, 6) is 0.658. The maximum Gasteiger partial charge on any atom is 0.257 e. The van der Waals surface area contributed by atoms with Crippen LogP contribution in [-0.4, -0.2) is 56.0 Å². The van der Waals surface area contributed by atoms with Crippen LogP contribution in [0.5, 0.6) is 5.75 Å². The smallest absolute Gasteiger partial charge is 0.257 e. The molecule has 142 valence electrons. The standard InChI is InChI=1S/C20H29N3O3/c24-19(21-10-6-13-22-11-2-1-3-12-22)16-26-18-8-4-7-17(15-18)23-14-5-9-20(23)25/h4,7-8,15H,1-3,5-6,9-14,16H2,(H,21,24). The molecule has 0 unspecified atom stereocenters. The SMILES string of the molecule is O=C(COc1cccc(N2CCCC2=O)c1)NCCCN1CCCCC1. The number of benzene rings is 1. The van der Waals surface area contributed by atoms with E-state index in [1.165, 1.54) is 32.4 Å². The molecule has 2 fully saturated rings. The van der Waals surface area contributed by atoms with Crippen LogP contribution in [0.1, 0.15) is 38.5 Å². The molecule has 6 heteroatoms. The second kappa shape index (κ2) is 9.57. The zero-order valence-electron chi connectivity index (χ0n) is 15.4. The maximum absolute atomic E-state index is 11.9. The second-order valence-electron chi connectivity index (χ2n) is 7.04. The van der Waals surface area contributed by atoms with Crippen LogP contribution in [0.15, 0.2) is 24.3 Å². The monoisotopic (exact) mass is 359 g/mol. The lowest BCUT2D eigenvalue weighted by Crippen LogP contribution is -2.34. The zero-order valence-corrected chi connectivity index (χ0v) is 15.4. The van der Waals surface area contributed by atoms with E-state index in [0.29, 0.717) is 18.7 Å². The van der Waals surface area contributed by atoms with Gasteiger partial charge < -0.3 is 19.9 Å². The summed E-state index contributed by atoms with van der Waals surface area (Å²) in [6.45, 7) is 4.86. The Bertz CT molecular complexity index is 614. The number of amides is 2. The molecule has 1 aromatic carbocycles. The molecule has 0 aliphatic carbocycles. The number of hydrogen-bond donors (Lipinski definition) is 1. The molecule has 1 aromatic rings. The first kappa shape index (κ1) is 18.7. The van der Waals surface area contributed by atoms with Gasteiger partial charge >= 0.3 is 0 Å². The van der Waals surface area contributed by atoms with Crippen molar-refractivity contribution in [1.82, 2.24) is 10.2 Å². The summed E-state index contributed by atoms with van der Waals surface area (Å²) in [6.07, 6.45) is 6.40. The minimum absolute atomic E-state index is 0.00111. The molecule has 0 saturated carbocycles. The Hall–Kier alpha value is -2.08. The third kappa shape index (κ3) is 5.46. The van der Waals surface area contributed by atoms with Crippen molar-refractivity contribution < 1.29 is 14.3 Å². The van der Waals surface area contributed by atoms with E-state index in [1.807, 2.05) is 24.3 Å². The van der Waals surface area contributed by atoms with Gasteiger partial charge in [-0.25, -0.2) is 0 Å². The second-order valence-corrected chi connectivity index (χ2v) is 7.04. The lowest BCUT2D eigenvalue weighted by atomic mass is 10.1. The van der Waals surface area contributed by atoms with E-state index in [2.05, 4.69) is 10.2 Å². The summed E-state index contributed by atoms with van der Waals surface area (Å²) in [5, 5.41) is 2.91. The van der Waals surface area contributed by atoms with Crippen LogP contribution in [0.2, 0.25) is 0 Å². The van der Waals surface area contributed by atoms with Gasteiger partial charge in [0.1, 0.15) is 5.75 Å². The van der Waals surface area contributed by atoms with Crippen LogP contribution in [0.25, 0.3) is 0 Å². The Morgan fingerprint density at radius 2 is 1.96 bits per heavy atom. The number of piperidine rings is 1. The minimum atomic E-state index is -0.105. The van der Waals surface area contributed by atoms with E-state index < -0.39 is 0 Å². The van der Waals surface area contributed by atoms with Gasteiger partial charge in [-0.15, -0.1) is 0 Å². The van der Waals surface area contributed by atoms with Crippen molar-refractivity contribution >= 4 is 17.5 Å². The third-order valence-electron chi connectivity index (χ3n) is 4.99.